The molecule has 1 aromatic carbocycles. The van der Waals surface area contributed by atoms with E-state index in [-0.39, 0.29) is 5.82 Å². The maximum absolute atomic E-state index is 14.0. The second kappa shape index (κ2) is 8.55. The molecule has 2 aromatic rings. The topological polar surface area (TPSA) is 22.9 Å². The van der Waals surface area contributed by atoms with Crippen LogP contribution in [-0.4, -0.2) is 67.6 Å². The molecule has 1 aromatic heterocycles. The van der Waals surface area contributed by atoms with E-state index in [1.807, 2.05) is 18.2 Å². The van der Waals surface area contributed by atoms with Gasteiger partial charge in [-0.1, -0.05) is 12.1 Å². The van der Waals surface area contributed by atoms with Crippen LogP contribution in [0.4, 0.5) is 4.39 Å². The number of rotatable bonds is 5. The zero-order valence-corrected chi connectivity index (χ0v) is 16.2. The summed E-state index contributed by atoms with van der Waals surface area (Å²) in [5.74, 6) is 2.05. The minimum Gasteiger partial charge on any atom is -0.460 e. The Kier molecular flexibility index (Phi) is 5.91. The molecule has 0 spiro atoms. The van der Waals surface area contributed by atoms with Crippen molar-refractivity contribution in [1.82, 2.24) is 14.7 Å². The van der Waals surface area contributed by atoms with Crippen molar-refractivity contribution in [3.05, 3.63) is 48.0 Å². The highest BCUT2D eigenvalue weighted by Crippen LogP contribution is 2.26. The van der Waals surface area contributed by atoms with Gasteiger partial charge in [0.15, 0.2) is 0 Å². The van der Waals surface area contributed by atoms with Gasteiger partial charge in [0.25, 0.3) is 0 Å². The molecule has 2 fully saturated rings. The van der Waals surface area contributed by atoms with Gasteiger partial charge < -0.3 is 14.2 Å². The molecule has 0 bridgehead atoms. The number of furan rings is 1. The fourth-order valence-electron chi connectivity index (χ4n) is 4.33. The van der Waals surface area contributed by atoms with E-state index < -0.39 is 0 Å². The quantitative estimate of drug-likeness (QED) is 0.802. The van der Waals surface area contributed by atoms with E-state index >= 15 is 0 Å². The lowest BCUT2D eigenvalue weighted by molar-refractivity contribution is 0.0939. The van der Waals surface area contributed by atoms with Gasteiger partial charge in [0.2, 0.25) is 0 Å². The first kappa shape index (κ1) is 18.7. The van der Waals surface area contributed by atoms with Crippen LogP contribution in [0.5, 0.6) is 0 Å². The van der Waals surface area contributed by atoms with Crippen LogP contribution in [0.3, 0.4) is 0 Å². The van der Waals surface area contributed by atoms with E-state index in [0.717, 1.165) is 31.3 Å². The number of nitrogens with zero attached hydrogens (tertiary/aromatic N) is 3. The first-order valence-electron chi connectivity index (χ1n) is 10.1. The van der Waals surface area contributed by atoms with Gasteiger partial charge in [-0.2, -0.15) is 0 Å². The number of likely N-dealkylation sites (tertiary alicyclic amines) is 1. The number of likely N-dealkylation sites (N-methyl/N-ethyl adjacent to an activating group) is 1. The van der Waals surface area contributed by atoms with E-state index in [1.54, 1.807) is 12.1 Å². The minimum absolute atomic E-state index is 0.233. The Balaban J connectivity index is 1.32. The number of piperazine rings is 1. The lowest BCUT2D eigenvalue weighted by atomic mass is 9.97. The van der Waals surface area contributed by atoms with Crippen LogP contribution in [0.25, 0.3) is 11.3 Å². The van der Waals surface area contributed by atoms with Crippen LogP contribution in [0.1, 0.15) is 18.6 Å². The van der Waals surface area contributed by atoms with Crippen molar-refractivity contribution in [2.75, 3.05) is 52.9 Å². The Bertz CT molecular complexity index is 739. The molecule has 1 unspecified atom stereocenters. The summed E-state index contributed by atoms with van der Waals surface area (Å²) in [6.45, 7) is 9.02. The molecular weight excluding hydrogens is 341 g/mol. The van der Waals surface area contributed by atoms with Crippen LogP contribution < -0.4 is 0 Å². The van der Waals surface area contributed by atoms with Crippen molar-refractivity contribution in [2.24, 2.45) is 5.92 Å². The molecular formula is C22H30FN3O. The molecule has 5 heteroatoms. The van der Waals surface area contributed by atoms with Crippen LogP contribution >= 0.6 is 0 Å². The number of benzene rings is 1. The molecule has 4 rings (SSSR count). The first-order chi connectivity index (χ1) is 13.2. The summed E-state index contributed by atoms with van der Waals surface area (Å²) in [4.78, 5) is 7.53. The summed E-state index contributed by atoms with van der Waals surface area (Å²) in [5, 5.41) is 0. The van der Waals surface area contributed by atoms with Crippen molar-refractivity contribution in [3.63, 3.8) is 0 Å². The second-order valence-corrected chi connectivity index (χ2v) is 8.09. The number of halogens is 1. The third-order valence-corrected chi connectivity index (χ3v) is 5.90. The van der Waals surface area contributed by atoms with Crippen LogP contribution in [0.15, 0.2) is 40.8 Å². The largest absolute Gasteiger partial charge is 0.460 e. The van der Waals surface area contributed by atoms with Crippen molar-refractivity contribution < 1.29 is 8.81 Å². The minimum atomic E-state index is -0.233. The zero-order valence-electron chi connectivity index (χ0n) is 16.2. The highest BCUT2D eigenvalue weighted by Gasteiger charge is 2.24. The summed E-state index contributed by atoms with van der Waals surface area (Å²) in [6.07, 6.45) is 2.57. The molecule has 2 aliphatic heterocycles. The van der Waals surface area contributed by atoms with Crippen molar-refractivity contribution in [3.8, 4) is 11.3 Å². The van der Waals surface area contributed by atoms with Crippen LogP contribution in [0.2, 0.25) is 0 Å². The highest BCUT2D eigenvalue weighted by molar-refractivity contribution is 5.58. The maximum Gasteiger partial charge on any atom is 0.137 e. The lowest BCUT2D eigenvalue weighted by Gasteiger charge is -2.38. The van der Waals surface area contributed by atoms with Gasteiger partial charge >= 0.3 is 0 Å². The Labute approximate surface area is 161 Å². The molecule has 0 N–H and O–H groups in total. The van der Waals surface area contributed by atoms with Crippen LogP contribution in [0, 0.1) is 11.7 Å². The predicted molar refractivity (Wildman–Crippen MR) is 106 cm³/mol. The molecule has 27 heavy (non-hydrogen) atoms. The number of hydrogen-bond donors (Lipinski definition) is 0. The molecule has 0 saturated carbocycles. The smallest absolute Gasteiger partial charge is 0.137 e. The summed E-state index contributed by atoms with van der Waals surface area (Å²) in [7, 11) is 2.21. The fraction of sp³-hybridized carbons (Fsp3) is 0.545. The first-order valence-corrected chi connectivity index (χ1v) is 10.1. The lowest BCUT2D eigenvalue weighted by Crippen LogP contribution is -2.48. The number of hydrogen-bond acceptors (Lipinski definition) is 4. The molecule has 4 nitrogen and oxygen atoms in total. The molecule has 0 aliphatic carbocycles. The molecule has 2 saturated heterocycles. The van der Waals surface area contributed by atoms with E-state index in [4.69, 9.17) is 4.42 Å². The van der Waals surface area contributed by atoms with E-state index in [0.29, 0.717) is 11.3 Å². The standard InChI is InChI=1S/C22H30FN3O/c1-24-11-13-25(14-12-24)15-18-5-4-10-26(16-18)17-19-8-9-22(27-19)20-6-2-3-7-21(20)23/h2-3,6-9,18H,4-5,10-17H2,1H3. The summed E-state index contributed by atoms with van der Waals surface area (Å²) < 4.78 is 19.9. The Morgan fingerprint density at radius 2 is 1.81 bits per heavy atom. The predicted octanol–water partition coefficient (Wildman–Crippen LogP) is 3.55. The summed E-state index contributed by atoms with van der Waals surface area (Å²) in [5.41, 5.74) is 0.537. The third-order valence-electron chi connectivity index (χ3n) is 5.90. The normalized spacial score (nSPS) is 23.0. The van der Waals surface area contributed by atoms with E-state index in [9.17, 15) is 4.39 Å². The molecule has 1 atom stereocenters. The van der Waals surface area contributed by atoms with Gasteiger partial charge in [-0.15, -0.1) is 0 Å². The molecule has 2 aliphatic rings. The maximum atomic E-state index is 14.0. The van der Waals surface area contributed by atoms with Gasteiger partial charge in [0, 0.05) is 39.3 Å². The summed E-state index contributed by atoms with van der Waals surface area (Å²) in [6, 6.07) is 10.7. The SMILES string of the molecule is CN1CCN(CC2CCCN(Cc3ccc(-c4ccccc4F)o3)C2)CC1. The zero-order chi connectivity index (χ0) is 18.6. The Morgan fingerprint density at radius 3 is 2.63 bits per heavy atom. The van der Waals surface area contributed by atoms with Gasteiger partial charge in [-0.3, -0.25) is 4.90 Å². The van der Waals surface area contributed by atoms with Gasteiger partial charge in [-0.25, -0.2) is 4.39 Å². The molecule has 0 radical (unpaired) electrons. The average molecular weight is 372 g/mol. The molecule has 0 amide bonds. The summed E-state index contributed by atoms with van der Waals surface area (Å²) >= 11 is 0. The second-order valence-electron chi connectivity index (χ2n) is 8.09. The molecule has 3 heterocycles. The average Bonchev–Trinajstić information content (AvgIpc) is 3.12. The van der Waals surface area contributed by atoms with Crippen LogP contribution in [-0.2, 0) is 6.54 Å². The Hall–Kier alpha value is -1.69. The highest BCUT2D eigenvalue weighted by atomic mass is 19.1. The van der Waals surface area contributed by atoms with Crippen molar-refractivity contribution in [2.45, 2.75) is 19.4 Å². The fourth-order valence-corrected chi connectivity index (χ4v) is 4.33. The van der Waals surface area contributed by atoms with Gasteiger partial charge in [0.1, 0.15) is 17.3 Å². The van der Waals surface area contributed by atoms with Gasteiger partial charge in [0.05, 0.1) is 12.1 Å². The number of piperidine rings is 1. The van der Waals surface area contributed by atoms with Crippen molar-refractivity contribution in [1.29, 1.82) is 0 Å². The van der Waals surface area contributed by atoms with Gasteiger partial charge in [-0.05, 0) is 56.6 Å². The van der Waals surface area contributed by atoms with Crippen molar-refractivity contribution >= 4 is 0 Å². The van der Waals surface area contributed by atoms with E-state index in [2.05, 4.69) is 21.7 Å². The molecule has 146 valence electrons. The third kappa shape index (κ3) is 4.78. The van der Waals surface area contributed by atoms with E-state index in [1.165, 1.54) is 51.6 Å². The Morgan fingerprint density at radius 1 is 1.00 bits per heavy atom. The monoisotopic (exact) mass is 371 g/mol.